The molecule has 1 aromatic heterocycles. The van der Waals surface area contributed by atoms with Crippen LogP contribution in [0.1, 0.15) is 43.0 Å². The summed E-state index contributed by atoms with van der Waals surface area (Å²) in [6.07, 6.45) is 5.57. The lowest BCUT2D eigenvalue weighted by molar-refractivity contribution is 0.0917. The summed E-state index contributed by atoms with van der Waals surface area (Å²) in [6.45, 7) is 3.59. The van der Waals surface area contributed by atoms with Crippen molar-refractivity contribution in [1.29, 1.82) is 0 Å². The summed E-state index contributed by atoms with van der Waals surface area (Å²) in [5.41, 5.74) is 1.27. The average molecular weight is 534 g/mol. The number of benzene rings is 2. The van der Waals surface area contributed by atoms with E-state index >= 15 is 0 Å². The van der Waals surface area contributed by atoms with Crippen LogP contribution in [0.4, 0.5) is 5.13 Å². The molecule has 1 fully saturated rings. The van der Waals surface area contributed by atoms with Gasteiger partial charge in [-0.25, -0.2) is 17.7 Å². The number of anilines is 1. The van der Waals surface area contributed by atoms with Gasteiger partial charge in [0, 0.05) is 30.7 Å². The van der Waals surface area contributed by atoms with E-state index in [9.17, 15) is 13.2 Å². The number of amides is 1. The molecule has 1 unspecified atom stereocenters. The third kappa shape index (κ3) is 5.89. The zero-order chi connectivity index (χ0) is 25.0. The standard InChI is InChI=1S/C25H31N3O4S3/c1-4-5-14-27(2)35(30,31)21-11-8-18(9-12-21)24(29)28(17-19-7-6-15-32-19)25-26-22-13-10-20(33-3)16-23(22)34-25/h8-13,16,19H,4-7,14-15,17H2,1-3H3. The molecule has 3 aromatic rings. The average Bonchev–Trinajstić information content (AvgIpc) is 3.54. The van der Waals surface area contributed by atoms with Crippen LogP contribution in [0.3, 0.4) is 0 Å². The van der Waals surface area contributed by atoms with Crippen LogP contribution in [-0.4, -0.2) is 62.7 Å². The Hall–Kier alpha value is -1.98. The van der Waals surface area contributed by atoms with E-state index in [-0.39, 0.29) is 16.9 Å². The normalized spacial score (nSPS) is 16.3. The van der Waals surface area contributed by atoms with E-state index in [1.54, 1.807) is 35.8 Å². The number of carbonyl (C=O) groups excluding carboxylic acids is 1. The molecule has 0 bridgehead atoms. The van der Waals surface area contributed by atoms with E-state index in [4.69, 9.17) is 9.72 Å². The number of fused-ring (bicyclic) bond motifs is 1. The highest BCUT2D eigenvalue weighted by atomic mass is 32.2. The fraction of sp³-hybridized carbons (Fsp3) is 0.440. The lowest BCUT2D eigenvalue weighted by atomic mass is 10.2. The van der Waals surface area contributed by atoms with Crippen molar-refractivity contribution in [3.05, 3.63) is 48.0 Å². The number of aromatic nitrogens is 1. The van der Waals surface area contributed by atoms with Crippen LogP contribution >= 0.6 is 23.1 Å². The molecule has 1 aliphatic rings. The van der Waals surface area contributed by atoms with Gasteiger partial charge in [0.25, 0.3) is 5.91 Å². The van der Waals surface area contributed by atoms with Crippen LogP contribution in [-0.2, 0) is 14.8 Å². The number of thioether (sulfide) groups is 1. The van der Waals surface area contributed by atoms with Crippen LogP contribution in [0.25, 0.3) is 10.2 Å². The second-order valence-corrected chi connectivity index (χ2v) is 12.5. The Morgan fingerprint density at radius 3 is 2.66 bits per heavy atom. The number of unbranched alkanes of at least 4 members (excludes halogenated alkanes) is 1. The van der Waals surface area contributed by atoms with Gasteiger partial charge < -0.3 is 4.74 Å². The Balaban J connectivity index is 1.62. The Labute approximate surface area is 215 Å². The number of hydrogen-bond donors (Lipinski definition) is 0. The van der Waals surface area contributed by atoms with Crippen molar-refractivity contribution in [3.63, 3.8) is 0 Å². The third-order valence-corrected chi connectivity index (χ3v) is 9.74. The molecule has 35 heavy (non-hydrogen) atoms. The first-order valence-electron chi connectivity index (χ1n) is 11.8. The lowest BCUT2D eigenvalue weighted by Gasteiger charge is -2.23. The molecule has 1 amide bonds. The number of sulfonamides is 1. The molecular formula is C25H31N3O4S3. The molecule has 1 saturated heterocycles. The zero-order valence-corrected chi connectivity index (χ0v) is 22.7. The Morgan fingerprint density at radius 1 is 1.23 bits per heavy atom. The summed E-state index contributed by atoms with van der Waals surface area (Å²) in [5.74, 6) is -0.215. The summed E-state index contributed by atoms with van der Waals surface area (Å²) in [6, 6.07) is 12.3. The van der Waals surface area contributed by atoms with Crippen LogP contribution < -0.4 is 4.90 Å². The van der Waals surface area contributed by atoms with Crippen molar-refractivity contribution >= 4 is 54.4 Å². The Kier molecular flexibility index (Phi) is 8.49. The van der Waals surface area contributed by atoms with Crippen molar-refractivity contribution in [1.82, 2.24) is 9.29 Å². The fourth-order valence-electron chi connectivity index (χ4n) is 3.98. The highest BCUT2D eigenvalue weighted by Gasteiger charge is 2.28. The largest absolute Gasteiger partial charge is 0.376 e. The van der Waals surface area contributed by atoms with E-state index < -0.39 is 10.0 Å². The summed E-state index contributed by atoms with van der Waals surface area (Å²) in [4.78, 5) is 21.4. The van der Waals surface area contributed by atoms with E-state index in [2.05, 4.69) is 6.07 Å². The number of ether oxygens (including phenoxy) is 1. The number of nitrogens with zero attached hydrogens (tertiary/aromatic N) is 3. The minimum atomic E-state index is -3.59. The molecule has 1 aliphatic heterocycles. The first-order chi connectivity index (χ1) is 16.8. The van der Waals surface area contributed by atoms with Gasteiger partial charge in [-0.2, -0.15) is 0 Å². The highest BCUT2D eigenvalue weighted by Crippen LogP contribution is 2.33. The summed E-state index contributed by atoms with van der Waals surface area (Å²) >= 11 is 3.15. The second kappa shape index (κ2) is 11.4. The molecule has 7 nitrogen and oxygen atoms in total. The molecule has 0 spiro atoms. The minimum Gasteiger partial charge on any atom is -0.376 e. The van der Waals surface area contributed by atoms with Crippen molar-refractivity contribution < 1.29 is 17.9 Å². The molecule has 0 N–H and O–H groups in total. The molecule has 2 heterocycles. The first kappa shape index (κ1) is 26.1. The summed E-state index contributed by atoms with van der Waals surface area (Å²) in [5, 5.41) is 0.620. The van der Waals surface area contributed by atoms with Crippen LogP contribution in [0.15, 0.2) is 52.3 Å². The van der Waals surface area contributed by atoms with E-state index in [1.807, 2.05) is 25.3 Å². The molecular weight excluding hydrogens is 502 g/mol. The molecule has 2 aromatic carbocycles. The van der Waals surface area contributed by atoms with Crippen LogP contribution in [0, 0.1) is 0 Å². The summed E-state index contributed by atoms with van der Waals surface area (Å²) in [7, 11) is -2.01. The number of rotatable bonds is 10. The number of thiazole rings is 1. The van der Waals surface area contributed by atoms with Crippen molar-refractivity contribution in [2.24, 2.45) is 0 Å². The van der Waals surface area contributed by atoms with Gasteiger partial charge in [0.15, 0.2) is 5.13 Å². The lowest BCUT2D eigenvalue weighted by Crippen LogP contribution is -2.37. The third-order valence-electron chi connectivity index (χ3n) is 6.11. The minimum absolute atomic E-state index is 0.0420. The maximum atomic E-state index is 13.6. The van der Waals surface area contributed by atoms with Gasteiger partial charge in [-0.1, -0.05) is 24.7 Å². The number of carbonyl (C=O) groups is 1. The number of hydrogen-bond acceptors (Lipinski definition) is 7. The monoisotopic (exact) mass is 533 g/mol. The topological polar surface area (TPSA) is 79.8 Å². The molecule has 0 aliphatic carbocycles. The molecule has 4 rings (SSSR count). The van der Waals surface area contributed by atoms with Gasteiger partial charge in [-0.3, -0.25) is 9.69 Å². The molecule has 1 atom stereocenters. The first-order valence-corrected chi connectivity index (χ1v) is 15.3. The van der Waals surface area contributed by atoms with Crippen molar-refractivity contribution in [2.75, 3.05) is 37.9 Å². The van der Waals surface area contributed by atoms with Crippen LogP contribution in [0.5, 0.6) is 0 Å². The SMILES string of the molecule is CCCCN(C)S(=O)(=O)c1ccc(C(=O)N(CC2CCCO2)c2nc3ccc(SC)cc3s2)cc1. The second-order valence-electron chi connectivity index (χ2n) is 8.59. The van der Waals surface area contributed by atoms with E-state index in [1.165, 1.54) is 27.8 Å². The van der Waals surface area contributed by atoms with Gasteiger partial charge in [0.2, 0.25) is 10.0 Å². The predicted octanol–water partition coefficient (Wildman–Crippen LogP) is 5.26. The Bertz CT molecular complexity index is 1270. The predicted molar refractivity (Wildman–Crippen MR) is 143 cm³/mol. The quantitative estimate of drug-likeness (QED) is 0.331. The van der Waals surface area contributed by atoms with Crippen molar-refractivity contribution in [2.45, 2.75) is 48.5 Å². The smallest absolute Gasteiger partial charge is 0.260 e. The summed E-state index contributed by atoms with van der Waals surface area (Å²) < 4.78 is 33.9. The Morgan fingerprint density at radius 2 is 2.00 bits per heavy atom. The van der Waals surface area contributed by atoms with E-state index in [0.29, 0.717) is 30.4 Å². The van der Waals surface area contributed by atoms with Gasteiger partial charge in [0.05, 0.1) is 27.8 Å². The fourth-order valence-corrected chi connectivity index (χ4v) is 6.72. The maximum Gasteiger partial charge on any atom is 0.260 e. The zero-order valence-electron chi connectivity index (χ0n) is 20.3. The molecule has 10 heteroatoms. The highest BCUT2D eigenvalue weighted by molar-refractivity contribution is 7.98. The molecule has 0 radical (unpaired) electrons. The molecule has 0 saturated carbocycles. The van der Waals surface area contributed by atoms with Crippen LogP contribution in [0.2, 0.25) is 0 Å². The van der Waals surface area contributed by atoms with Gasteiger partial charge in [0.1, 0.15) is 0 Å². The van der Waals surface area contributed by atoms with Crippen molar-refractivity contribution in [3.8, 4) is 0 Å². The molecule has 188 valence electrons. The maximum absolute atomic E-state index is 13.6. The van der Waals surface area contributed by atoms with Gasteiger partial charge in [-0.05, 0) is 68.0 Å². The van der Waals surface area contributed by atoms with Gasteiger partial charge >= 0.3 is 0 Å². The van der Waals surface area contributed by atoms with Gasteiger partial charge in [-0.15, -0.1) is 11.8 Å². The van der Waals surface area contributed by atoms with E-state index in [0.717, 1.165) is 40.8 Å².